The zero-order chi connectivity index (χ0) is 16.4. The van der Waals surface area contributed by atoms with E-state index in [0.29, 0.717) is 0 Å². The van der Waals surface area contributed by atoms with E-state index in [1.807, 2.05) is 0 Å². The van der Waals surface area contributed by atoms with Crippen molar-refractivity contribution in [3.63, 3.8) is 0 Å². The summed E-state index contributed by atoms with van der Waals surface area (Å²) in [6, 6.07) is 6.52. The van der Waals surface area contributed by atoms with Gasteiger partial charge in [0.25, 0.3) is 10.1 Å². The van der Waals surface area contributed by atoms with E-state index in [0.717, 1.165) is 24.3 Å². The van der Waals surface area contributed by atoms with Gasteiger partial charge in [-0.25, -0.2) is 0 Å². The predicted molar refractivity (Wildman–Crippen MR) is 99.7 cm³/mol. The van der Waals surface area contributed by atoms with Crippen molar-refractivity contribution in [2.75, 3.05) is 0 Å². The first-order valence-electron chi connectivity index (χ1n) is 8.46. The third kappa shape index (κ3) is 11.1. The van der Waals surface area contributed by atoms with Crippen molar-refractivity contribution in [1.29, 1.82) is 0 Å². The van der Waals surface area contributed by atoms with Gasteiger partial charge in [-0.2, -0.15) is 8.42 Å². The Bertz CT molecular complexity index is 520. The van der Waals surface area contributed by atoms with E-state index in [4.69, 9.17) is 4.55 Å². The minimum absolute atomic E-state index is 0. The summed E-state index contributed by atoms with van der Waals surface area (Å²) in [6.07, 6.45) is 11.3. The molecule has 1 rings (SSSR count). The normalized spacial score (nSPS) is 11.5. The molecule has 130 valence electrons. The summed E-state index contributed by atoms with van der Waals surface area (Å²) >= 11 is 0. The van der Waals surface area contributed by atoms with Gasteiger partial charge in [0, 0.05) is 0 Å². The largest absolute Gasteiger partial charge is 2.00 e. The summed E-state index contributed by atoms with van der Waals surface area (Å²) in [5, 5.41) is 0. The van der Waals surface area contributed by atoms with Crippen molar-refractivity contribution in [1.82, 2.24) is 0 Å². The Morgan fingerprint density at radius 2 is 1.39 bits per heavy atom. The number of hydrogen-bond acceptors (Lipinski definition) is 2. The van der Waals surface area contributed by atoms with E-state index in [1.165, 1.54) is 57.1 Å². The summed E-state index contributed by atoms with van der Waals surface area (Å²) in [6.45, 7) is 4.56. The van der Waals surface area contributed by atoms with Gasteiger partial charge in [0.1, 0.15) is 0 Å². The summed E-state index contributed by atoms with van der Waals surface area (Å²) in [7, 11) is -4.07. The van der Waals surface area contributed by atoms with Crippen molar-refractivity contribution in [3.05, 3.63) is 29.8 Å². The summed E-state index contributed by atoms with van der Waals surface area (Å²) in [5.74, 6) is 0.826. The van der Waals surface area contributed by atoms with Crippen LogP contribution in [0.15, 0.2) is 29.2 Å². The van der Waals surface area contributed by atoms with Crippen molar-refractivity contribution < 1.29 is 15.8 Å². The van der Waals surface area contributed by atoms with Gasteiger partial charge in [-0.1, -0.05) is 70.9 Å². The van der Waals surface area contributed by atoms with Crippen LogP contribution in [0.4, 0.5) is 0 Å². The van der Waals surface area contributed by atoms with Gasteiger partial charge in [0.15, 0.2) is 0 Å². The molecule has 0 aromatic heterocycles. The zero-order valence-electron chi connectivity index (χ0n) is 16.6. The monoisotopic (exact) mass is 352 g/mol. The fraction of sp³-hybridized carbons (Fsp3) is 0.667. The molecule has 0 aliphatic heterocycles. The fourth-order valence-corrected chi connectivity index (χ4v) is 3.07. The fourth-order valence-electron chi connectivity index (χ4n) is 2.59. The average molecular weight is 353 g/mol. The molecule has 0 aliphatic rings. The van der Waals surface area contributed by atoms with Crippen molar-refractivity contribution in [2.45, 2.75) is 76.5 Å². The zero-order valence-corrected chi connectivity index (χ0v) is 16.9. The van der Waals surface area contributed by atoms with Gasteiger partial charge in [-0.15, -0.1) is 0 Å². The number of unbranched alkanes of at least 4 members (excludes halogenated alkanes) is 6. The van der Waals surface area contributed by atoms with Crippen LogP contribution in [0.25, 0.3) is 0 Å². The van der Waals surface area contributed by atoms with E-state index < -0.39 is 10.1 Å². The second-order valence-corrected chi connectivity index (χ2v) is 7.95. The average Bonchev–Trinajstić information content (AvgIpc) is 2.45. The van der Waals surface area contributed by atoms with E-state index >= 15 is 0 Å². The van der Waals surface area contributed by atoms with E-state index in [9.17, 15) is 8.42 Å². The van der Waals surface area contributed by atoms with Crippen molar-refractivity contribution in [3.8, 4) is 0 Å². The molecule has 0 saturated heterocycles. The van der Waals surface area contributed by atoms with Crippen LogP contribution in [0, 0.1) is 5.92 Å². The molecule has 0 fully saturated rings. The molecule has 3 nitrogen and oxygen atoms in total. The summed E-state index contributed by atoms with van der Waals surface area (Å²) in [5.41, 5.74) is 1.13. The van der Waals surface area contributed by atoms with Crippen LogP contribution < -0.4 is 0 Å². The minimum Gasteiger partial charge on any atom is -1.00 e. The smallest absolute Gasteiger partial charge is 1.00 e. The Morgan fingerprint density at radius 1 is 0.913 bits per heavy atom. The first-order chi connectivity index (χ1) is 10.4. The summed E-state index contributed by atoms with van der Waals surface area (Å²) < 4.78 is 30.8. The van der Waals surface area contributed by atoms with Crippen LogP contribution in [0.5, 0.6) is 0 Å². The number of benzene rings is 1. The molecule has 0 spiro atoms. The molecule has 0 heterocycles. The standard InChI is InChI=1S/C18H30O3S.Mg.2H/c1-16(2)10-8-6-4-3-5-7-9-11-17-12-14-18(15-13-17)22(19,20)21;;;/h12-16H,3-11H2,1-2H3,(H,19,20,21);;;/q;+2;2*-1. The molecule has 0 radical (unpaired) electrons. The quantitative estimate of drug-likeness (QED) is 0.342. The Kier molecular flexibility index (Phi) is 12.2. The topological polar surface area (TPSA) is 54.4 Å². The van der Waals surface area contributed by atoms with E-state index in [-0.39, 0.29) is 30.8 Å². The Labute approximate surface area is 161 Å². The van der Waals surface area contributed by atoms with Gasteiger partial charge >= 0.3 is 23.1 Å². The molecule has 0 amide bonds. The molecule has 0 atom stereocenters. The molecule has 0 unspecified atom stereocenters. The Hall–Kier alpha value is -0.104. The predicted octanol–water partition coefficient (Wildman–Crippen LogP) is 5.10. The second-order valence-electron chi connectivity index (χ2n) is 6.53. The summed E-state index contributed by atoms with van der Waals surface area (Å²) in [4.78, 5) is -0.0300. The minimum atomic E-state index is -4.07. The van der Waals surface area contributed by atoms with Crippen LogP contribution in [0.1, 0.15) is 73.6 Å². The Morgan fingerprint density at radius 3 is 1.87 bits per heavy atom. The molecule has 1 aromatic rings. The molecular weight excluding hydrogens is 321 g/mol. The molecule has 1 N–H and O–H groups in total. The van der Waals surface area contributed by atoms with Crippen LogP contribution in [-0.2, 0) is 16.5 Å². The van der Waals surface area contributed by atoms with Crippen LogP contribution in [-0.4, -0.2) is 36.0 Å². The van der Waals surface area contributed by atoms with Gasteiger partial charge in [-0.05, 0) is 36.5 Å². The molecule has 0 bridgehead atoms. The number of aryl methyl sites for hydroxylation is 1. The van der Waals surface area contributed by atoms with Crippen LogP contribution in [0.2, 0.25) is 0 Å². The van der Waals surface area contributed by atoms with E-state index in [1.54, 1.807) is 12.1 Å². The van der Waals surface area contributed by atoms with Gasteiger partial charge in [0.2, 0.25) is 0 Å². The maximum absolute atomic E-state index is 10.9. The molecular formula is C18H32MgO3S. The van der Waals surface area contributed by atoms with Crippen LogP contribution in [0.3, 0.4) is 0 Å². The maximum atomic E-state index is 10.9. The molecule has 23 heavy (non-hydrogen) atoms. The van der Waals surface area contributed by atoms with Gasteiger partial charge in [0.05, 0.1) is 4.90 Å². The number of hydrogen-bond donors (Lipinski definition) is 1. The maximum Gasteiger partial charge on any atom is 2.00 e. The Balaban J connectivity index is -0.00000161. The first-order valence-corrected chi connectivity index (χ1v) is 9.90. The molecule has 5 heteroatoms. The number of rotatable bonds is 11. The molecule has 0 aliphatic carbocycles. The molecule has 0 saturated carbocycles. The van der Waals surface area contributed by atoms with Crippen molar-refractivity contribution >= 4 is 33.2 Å². The van der Waals surface area contributed by atoms with E-state index in [2.05, 4.69) is 13.8 Å². The van der Waals surface area contributed by atoms with Crippen molar-refractivity contribution in [2.24, 2.45) is 5.92 Å². The SMILES string of the molecule is CC(C)CCCCCCCCCc1ccc(S(=O)(=O)O)cc1.[H-].[H-].[Mg+2]. The second kappa shape index (κ2) is 12.3. The third-order valence-corrected chi connectivity index (χ3v) is 4.84. The van der Waals surface area contributed by atoms with Gasteiger partial charge in [-0.3, -0.25) is 4.55 Å². The third-order valence-electron chi connectivity index (χ3n) is 3.97. The first kappa shape index (κ1) is 22.9. The molecule has 1 aromatic carbocycles. The van der Waals surface area contributed by atoms with Crippen LogP contribution >= 0.6 is 0 Å². The van der Waals surface area contributed by atoms with Gasteiger partial charge < -0.3 is 2.85 Å².